The number of aryl methyl sites for hydroxylation is 1. The lowest BCUT2D eigenvalue weighted by Crippen LogP contribution is -2.40. The quantitative estimate of drug-likeness (QED) is 0.728. The lowest BCUT2D eigenvalue weighted by Gasteiger charge is -2.36. The second-order valence-electron chi connectivity index (χ2n) is 7.81. The van der Waals surface area contributed by atoms with Gasteiger partial charge in [0.25, 0.3) is 0 Å². The van der Waals surface area contributed by atoms with Crippen LogP contribution in [0.3, 0.4) is 0 Å². The van der Waals surface area contributed by atoms with Gasteiger partial charge in [-0.2, -0.15) is 13.2 Å². The van der Waals surface area contributed by atoms with E-state index < -0.39 is 11.7 Å². The molecule has 0 spiro atoms. The first-order valence-electron chi connectivity index (χ1n) is 10.3. The highest BCUT2D eigenvalue weighted by molar-refractivity contribution is 7.16. The van der Waals surface area contributed by atoms with Gasteiger partial charge >= 0.3 is 6.18 Å². The summed E-state index contributed by atoms with van der Waals surface area (Å²) in [4.78, 5) is 15.4. The van der Waals surface area contributed by atoms with Gasteiger partial charge in [0.05, 0.1) is 24.8 Å². The van der Waals surface area contributed by atoms with Gasteiger partial charge in [0.2, 0.25) is 5.91 Å². The third kappa shape index (κ3) is 4.40. The van der Waals surface area contributed by atoms with Crippen LogP contribution < -0.4 is 5.32 Å². The summed E-state index contributed by atoms with van der Waals surface area (Å²) in [6.07, 6.45) is -0.248. The zero-order valence-corrected chi connectivity index (χ0v) is 17.7. The van der Waals surface area contributed by atoms with Crippen molar-refractivity contribution in [2.24, 2.45) is 0 Å². The van der Waals surface area contributed by atoms with Gasteiger partial charge in [0.15, 0.2) is 0 Å². The Bertz CT molecular complexity index is 902. The number of carbonyl (C=O) groups excluding carboxylic acids is 1. The minimum absolute atomic E-state index is 0.136. The van der Waals surface area contributed by atoms with Crippen LogP contribution in [-0.2, 0) is 28.5 Å². The smallest absolute Gasteiger partial charge is 0.379 e. The van der Waals surface area contributed by atoms with E-state index in [4.69, 9.17) is 4.74 Å². The Morgan fingerprint density at radius 3 is 2.43 bits per heavy atom. The van der Waals surface area contributed by atoms with E-state index in [1.807, 2.05) is 0 Å². The molecule has 30 heavy (non-hydrogen) atoms. The Hall–Kier alpha value is -1.90. The SMILES string of the molecule is CC(=O)Nc1sc2c(c1[C@@H](c1ccc(C(F)(F)F)cc1)N1CCOCC1)CCCC2. The molecule has 1 saturated heterocycles. The number of thiophene rings is 1. The van der Waals surface area contributed by atoms with Crippen LogP contribution in [0.5, 0.6) is 0 Å². The largest absolute Gasteiger partial charge is 0.416 e. The van der Waals surface area contributed by atoms with Crippen LogP contribution in [0.25, 0.3) is 0 Å². The molecular formula is C22H25F3N2O2S. The number of nitrogens with zero attached hydrogens (tertiary/aromatic N) is 1. The Kier molecular flexibility index (Phi) is 6.18. The van der Waals surface area contributed by atoms with Crippen LogP contribution in [0, 0.1) is 0 Å². The van der Waals surface area contributed by atoms with E-state index in [9.17, 15) is 18.0 Å². The van der Waals surface area contributed by atoms with Crippen LogP contribution >= 0.6 is 11.3 Å². The summed E-state index contributed by atoms with van der Waals surface area (Å²) in [6, 6.07) is 5.25. The van der Waals surface area contributed by atoms with Gasteiger partial charge in [0, 0.05) is 30.5 Å². The maximum Gasteiger partial charge on any atom is 0.416 e. The number of hydrogen-bond donors (Lipinski definition) is 1. The Balaban J connectivity index is 1.82. The van der Waals surface area contributed by atoms with Gasteiger partial charge in [-0.05, 0) is 48.9 Å². The molecule has 4 rings (SSSR count). The number of halogens is 3. The Morgan fingerprint density at radius 2 is 1.80 bits per heavy atom. The topological polar surface area (TPSA) is 41.6 Å². The minimum Gasteiger partial charge on any atom is -0.379 e. The number of ether oxygens (including phenoxy) is 1. The van der Waals surface area contributed by atoms with Crippen molar-refractivity contribution in [3.8, 4) is 0 Å². The molecule has 2 aromatic rings. The summed E-state index contributed by atoms with van der Waals surface area (Å²) in [6.45, 7) is 4.04. The molecule has 1 amide bonds. The monoisotopic (exact) mass is 438 g/mol. The molecule has 0 radical (unpaired) electrons. The first-order valence-corrected chi connectivity index (χ1v) is 11.1. The van der Waals surface area contributed by atoms with E-state index in [-0.39, 0.29) is 11.9 Å². The van der Waals surface area contributed by atoms with E-state index in [0.29, 0.717) is 26.3 Å². The molecule has 0 saturated carbocycles. The number of anilines is 1. The Morgan fingerprint density at radius 1 is 1.13 bits per heavy atom. The number of carbonyl (C=O) groups is 1. The fourth-order valence-corrected chi connectivity index (χ4v) is 5.75. The summed E-state index contributed by atoms with van der Waals surface area (Å²) in [5, 5.41) is 3.82. The summed E-state index contributed by atoms with van der Waals surface area (Å²) >= 11 is 1.61. The predicted molar refractivity (Wildman–Crippen MR) is 111 cm³/mol. The van der Waals surface area contributed by atoms with Gasteiger partial charge in [-0.15, -0.1) is 11.3 Å². The standard InChI is InChI=1S/C22H25F3N2O2S/c1-14(28)26-21-19(17-4-2-3-5-18(17)30-21)20(27-10-12-29-13-11-27)15-6-8-16(9-7-15)22(23,24)25/h6-9,20H,2-5,10-13H2,1H3,(H,26,28)/t20-/m1/s1. The summed E-state index contributed by atoms with van der Waals surface area (Å²) in [5.74, 6) is -0.136. The first-order chi connectivity index (χ1) is 14.3. The predicted octanol–water partition coefficient (Wildman–Crippen LogP) is 5.03. The average molecular weight is 439 g/mol. The average Bonchev–Trinajstić information content (AvgIpc) is 3.06. The molecule has 0 unspecified atom stereocenters. The van der Waals surface area contributed by atoms with Gasteiger partial charge in [-0.1, -0.05) is 12.1 Å². The zero-order valence-electron chi connectivity index (χ0n) is 16.8. The zero-order chi connectivity index (χ0) is 21.3. The van der Waals surface area contributed by atoms with Crippen LogP contribution in [0.1, 0.15) is 52.9 Å². The van der Waals surface area contributed by atoms with Gasteiger partial charge in [0.1, 0.15) is 5.00 Å². The maximum atomic E-state index is 13.1. The fourth-order valence-electron chi connectivity index (χ4n) is 4.38. The van der Waals surface area contributed by atoms with Crippen molar-refractivity contribution in [1.29, 1.82) is 0 Å². The summed E-state index contributed by atoms with van der Waals surface area (Å²) < 4.78 is 44.8. The molecule has 1 fully saturated rings. The number of nitrogens with one attached hydrogen (secondary N) is 1. The molecule has 4 nitrogen and oxygen atoms in total. The molecule has 0 bridgehead atoms. The van der Waals surface area contributed by atoms with Crippen molar-refractivity contribution in [3.05, 3.63) is 51.4 Å². The lowest BCUT2D eigenvalue weighted by molar-refractivity contribution is -0.137. The molecule has 1 N–H and O–H groups in total. The van der Waals surface area contributed by atoms with E-state index in [1.165, 1.54) is 17.4 Å². The fraction of sp³-hybridized carbons (Fsp3) is 0.500. The number of hydrogen-bond acceptors (Lipinski definition) is 4. The number of amides is 1. The van der Waals surface area contributed by atoms with E-state index in [0.717, 1.165) is 53.9 Å². The van der Waals surface area contributed by atoms with Crippen LogP contribution in [-0.4, -0.2) is 37.1 Å². The molecule has 8 heteroatoms. The van der Waals surface area contributed by atoms with Gasteiger partial charge in [-0.25, -0.2) is 0 Å². The normalized spacial score (nSPS) is 18.7. The third-order valence-corrected chi connectivity index (χ3v) is 6.96. The third-order valence-electron chi connectivity index (χ3n) is 5.74. The number of fused-ring (bicyclic) bond motifs is 1. The van der Waals surface area contributed by atoms with Crippen molar-refractivity contribution in [2.45, 2.75) is 44.8 Å². The molecule has 1 aliphatic heterocycles. The molecule has 162 valence electrons. The summed E-state index contributed by atoms with van der Waals surface area (Å²) in [7, 11) is 0. The highest BCUT2D eigenvalue weighted by Gasteiger charge is 2.34. The highest BCUT2D eigenvalue weighted by atomic mass is 32.1. The first kappa shape index (κ1) is 21.3. The second kappa shape index (κ2) is 8.69. The number of benzene rings is 1. The van der Waals surface area contributed by atoms with Crippen molar-refractivity contribution in [3.63, 3.8) is 0 Å². The number of rotatable bonds is 4. The van der Waals surface area contributed by atoms with Crippen LogP contribution in [0.15, 0.2) is 24.3 Å². The number of morpholine rings is 1. The molecule has 1 atom stereocenters. The van der Waals surface area contributed by atoms with Crippen molar-refractivity contribution in [2.75, 3.05) is 31.6 Å². The van der Waals surface area contributed by atoms with Crippen molar-refractivity contribution in [1.82, 2.24) is 4.90 Å². The second-order valence-corrected chi connectivity index (χ2v) is 8.91. The Labute approximate surface area is 178 Å². The van der Waals surface area contributed by atoms with Crippen LogP contribution in [0.2, 0.25) is 0 Å². The maximum absolute atomic E-state index is 13.1. The van der Waals surface area contributed by atoms with E-state index in [2.05, 4.69) is 10.2 Å². The minimum atomic E-state index is -4.37. The molecule has 1 aromatic heterocycles. The van der Waals surface area contributed by atoms with Crippen LogP contribution in [0.4, 0.5) is 18.2 Å². The highest BCUT2D eigenvalue weighted by Crippen LogP contribution is 2.46. The number of alkyl halides is 3. The molecule has 2 heterocycles. The van der Waals surface area contributed by atoms with Gasteiger partial charge < -0.3 is 10.1 Å². The van der Waals surface area contributed by atoms with Crippen molar-refractivity contribution >= 4 is 22.2 Å². The van der Waals surface area contributed by atoms with Crippen molar-refractivity contribution < 1.29 is 22.7 Å². The van der Waals surface area contributed by atoms with E-state index >= 15 is 0 Å². The molecule has 1 aliphatic carbocycles. The van der Waals surface area contributed by atoms with Gasteiger partial charge in [-0.3, -0.25) is 9.69 Å². The molecule has 2 aliphatic rings. The molecule has 1 aromatic carbocycles. The lowest BCUT2D eigenvalue weighted by atomic mass is 9.88. The van der Waals surface area contributed by atoms with E-state index in [1.54, 1.807) is 23.5 Å². The molecular weight excluding hydrogens is 413 g/mol. The summed E-state index contributed by atoms with van der Waals surface area (Å²) in [5.41, 5.74) is 2.46.